The third-order valence-electron chi connectivity index (χ3n) is 3.44. The summed E-state index contributed by atoms with van der Waals surface area (Å²) in [6.07, 6.45) is 1.82. The molecule has 1 aromatic carbocycles. The molecule has 22 heavy (non-hydrogen) atoms. The molecule has 0 saturated carbocycles. The van der Waals surface area contributed by atoms with Crippen LogP contribution in [0.3, 0.4) is 0 Å². The Bertz CT molecular complexity index is 857. The Hall–Kier alpha value is -2.28. The van der Waals surface area contributed by atoms with Crippen LogP contribution in [0.2, 0.25) is 0 Å². The van der Waals surface area contributed by atoms with E-state index in [0.29, 0.717) is 34.9 Å². The minimum atomic E-state index is -0.00463. The van der Waals surface area contributed by atoms with Crippen LogP contribution in [-0.4, -0.2) is 32.4 Å². The highest BCUT2D eigenvalue weighted by molar-refractivity contribution is 7.07. The molecule has 0 N–H and O–H groups in total. The van der Waals surface area contributed by atoms with Gasteiger partial charge in [-0.1, -0.05) is 11.3 Å². The van der Waals surface area contributed by atoms with E-state index >= 15 is 0 Å². The molecule has 2 heterocycles. The number of hydrogen-bond donors (Lipinski definition) is 0. The van der Waals surface area contributed by atoms with Crippen LogP contribution >= 0.6 is 11.3 Å². The van der Waals surface area contributed by atoms with Crippen LogP contribution in [0.15, 0.2) is 21.9 Å². The van der Waals surface area contributed by atoms with Gasteiger partial charge in [-0.15, -0.1) is 0 Å². The van der Waals surface area contributed by atoms with E-state index in [1.165, 1.54) is 11.3 Å². The highest BCUT2D eigenvalue weighted by Crippen LogP contribution is 2.38. The maximum absolute atomic E-state index is 12.3. The van der Waals surface area contributed by atoms with Gasteiger partial charge in [0.05, 0.1) is 32.4 Å². The molecule has 0 atom stereocenters. The first-order valence-electron chi connectivity index (χ1n) is 6.73. The SMILES string of the molecule is COc1cc(C=c2sc3n(c2=O)CCN=3)cc(OC)c1OC. The van der Waals surface area contributed by atoms with Crippen LogP contribution < -0.4 is 29.1 Å². The molecule has 0 radical (unpaired) electrons. The van der Waals surface area contributed by atoms with E-state index in [1.807, 2.05) is 18.2 Å². The fourth-order valence-corrected chi connectivity index (χ4v) is 3.43. The summed E-state index contributed by atoms with van der Waals surface area (Å²) in [6.45, 7) is 1.35. The van der Waals surface area contributed by atoms with Crippen LogP contribution in [0.25, 0.3) is 6.08 Å². The van der Waals surface area contributed by atoms with Gasteiger partial charge in [-0.3, -0.25) is 14.4 Å². The molecular formula is C15H16N2O4S. The molecule has 6 nitrogen and oxygen atoms in total. The van der Waals surface area contributed by atoms with E-state index < -0.39 is 0 Å². The second-order valence-electron chi connectivity index (χ2n) is 4.69. The van der Waals surface area contributed by atoms with Crippen LogP contribution in [0.1, 0.15) is 5.56 Å². The Balaban J connectivity index is 2.17. The number of benzene rings is 1. The molecule has 7 heteroatoms. The second kappa shape index (κ2) is 5.84. The number of thiazole rings is 1. The zero-order chi connectivity index (χ0) is 15.7. The topological polar surface area (TPSA) is 62.1 Å². The second-order valence-corrected chi connectivity index (χ2v) is 5.70. The molecule has 0 fully saturated rings. The zero-order valence-corrected chi connectivity index (χ0v) is 13.4. The van der Waals surface area contributed by atoms with E-state index in [-0.39, 0.29) is 5.56 Å². The lowest BCUT2D eigenvalue weighted by molar-refractivity contribution is 0.324. The molecule has 0 spiro atoms. The van der Waals surface area contributed by atoms with Gasteiger partial charge in [0.1, 0.15) is 0 Å². The predicted octanol–water partition coefficient (Wildman–Crippen LogP) is 0.398. The van der Waals surface area contributed by atoms with Gasteiger partial charge in [-0.25, -0.2) is 0 Å². The summed E-state index contributed by atoms with van der Waals surface area (Å²) >= 11 is 1.40. The van der Waals surface area contributed by atoms with Gasteiger partial charge in [-0.05, 0) is 23.8 Å². The third-order valence-corrected chi connectivity index (χ3v) is 4.49. The molecule has 1 aliphatic heterocycles. The number of fused-ring (bicyclic) bond motifs is 1. The van der Waals surface area contributed by atoms with Crippen LogP contribution in [0, 0.1) is 0 Å². The number of aromatic nitrogens is 1. The molecule has 1 aliphatic rings. The van der Waals surface area contributed by atoms with E-state index in [4.69, 9.17) is 14.2 Å². The van der Waals surface area contributed by atoms with Crippen molar-refractivity contribution in [2.75, 3.05) is 27.9 Å². The van der Waals surface area contributed by atoms with Crippen molar-refractivity contribution in [1.29, 1.82) is 0 Å². The highest BCUT2D eigenvalue weighted by atomic mass is 32.1. The summed E-state index contributed by atoms with van der Waals surface area (Å²) in [4.78, 5) is 17.4. The summed E-state index contributed by atoms with van der Waals surface area (Å²) in [7, 11) is 4.69. The van der Waals surface area contributed by atoms with Gasteiger partial charge in [0.2, 0.25) is 5.75 Å². The third kappa shape index (κ3) is 2.37. The summed E-state index contributed by atoms with van der Waals surface area (Å²) < 4.78 is 18.3. The maximum Gasteiger partial charge on any atom is 0.270 e. The summed E-state index contributed by atoms with van der Waals surface area (Å²) in [5.74, 6) is 1.64. The van der Waals surface area contributed by atoms with Gasteiger partial charge in [0.25, 0.3) is 5.56 Å². The highest BCUT2D eigenvalue weighted by Gasteiger charge is 2.13. The Labute approximate surface area is 130 Å². The molecule has 0 aliphatic carbocycles. The number of hydrogen-bond acceptors (Lipinski definition) is 6. The monoisotopic (exact) mass is 320 g/mol. The lowest BCUT2D eigenvalue weighted by atomic mass is 10.1. The van der Waals surface area contributed by atoms with E-state index in [0.717, 1.165) is 10.4 Å². The Kier molecular flexibility index (Phi) is 3.89. The molecule has 0 amide bonds. The van der Waals surface area contributed by atoms with Gasteiger partial charge in [-0.2, -0.15) is 0 Å². The molecule has 0 unspecified atom stereocenters. The maximum atomic E-state index is 12.3. The summed E-state index contributed by atoms with van der Waals surface area (Å²) in [6, 6.07) is 3.63. The first-order valence-corrected chi connectivity index (χ1v) is 7.55. The number of rotatable bonds is 4. The van der Waals surface area contributed by atoms with E-state index in [9.17, 15) is 4.79 Å². The number of methoxy groups -OCH3 is 3. The van der Waals surface area contributed by atoms with Crippen molar-refractivity contribution in [1.82, 2.24) is 4.57 Å². The van der Waals surface area contributed by atoms with Crippen molar-refractivity contribution in [3.63, 3.8) is 0 Å². The quantitative estimate of drug-likeness (QED) is 0.818. The van der Waals surface area contributed by atoms with Crippen molar-refractivity contribution >= 4 is 17.4 Å². The molecular weight excluding hydrogens is 304 g/mol. The van der Waals surface area contributed by atoms with Gasteiger partial charge >= 0.3 is 0 Å². The molecule has 2 aromatic rings. The largest absolute Gasteiger partial charge is 0.493 e. The van der Waals surface area contributed by atoms with E-state index in [1.54, 1.807) is 25.9 Å². The van der Waals surface area contributed by atoms with Gasteiger partial charge in [0, 0.05) is 6.54 Å². The van der Waals surface area contributed by atoms with E-state index in [2.05, 4.69) is 4.99 Å². The average molecular weight is 320 g/mol. The number of ether oxygens (including phenoxy) is 3. The normalized spacial score (nSPS) is 13.7. The van der Waals surface area contributed by atoms with Crippen molar-refractivity contribution in [3.05, 3.63) is 37.4 Å². The molecule has 3 rings (SSSR count). The first-order chi connectivity index (χ1) is 10.7. The summed E-state index contributed by atoms with van der Waals surface area (Å²) in [5, 5.41) is 0. The minimum absolute atomic E-state index is 0.00463. The smallest absolute Gasteiger partial charge is 0.270 e. The fraction of sp³-hybridized carbons (Fsp3) is 0.333. The van der Waals surface area contributed by atoms with Crippen molar-refractivity contribution in [2.24, 2.45) is 4.99 Å². The van der Waals surface area contributed by atoms with Crippen LogP contribution in [0.5, 0.6) is 17.2 Å². The van der Waals surface area contributed by atoms with Crippen LogP contribution in [0.4, 0.5) is 0 Å². The van der Waals surface area contributed by atoms with Crippen LogP contribution in [-0.2, 0) is 6.54 Å². The standard InChI is InChI=1S/C15H16N2O4S/c1-19-10-6-9(7-11(20-2)13(10)21-3)8-12-14(18)17-5-4-16-15(17)22-12/h6-8H,4-5H2,1-3H3. The van der Waals surface area contributed by atoms with Crippen molar-refractivity contribution in [2.45, 2.75) is 6.54 Å². The Morgan fingerprint density at radius 3 is 2.41 bits per heavy atom. The molecule has 116 valence electrons. The Morgan fingerprint density at radius 2 is 1.86 bits per heavy atom. The number of nitrogens with zero attached hydrogens (tertiary/aromatic N) is 2. The van der Waals surface area contributed by atoms with Crippen molar-refractivity contribution in [3.8, 4) is 17.2 Å². The predicted molar refractivity (Wildman–Crippen MR) is 83.9 cm³/mol. The fourth-order valence-electron chi connectivity index (χ4n) is 2.40. The summed E-state index contributed by atoms with van der Waals surface area (Å²) in [5.41, 5.74) is 0.808. The molecule has 0 bridgehead atoms. The minimum Gasteiger partial charge on any atom is -0.493 e. The molecule has 0 saturated heterocycles. The van der Waals surface area contributed by atoms with Gasteiger partial charge < -0.3 is 14.2 Å². The lowest BCUT2D eigenvalue weighted by Crippen LogP contribution is -2.29. The molecule has 1 aromatic heterocycles. The van der Waals surface area contributed by atoms with Crippen molar-refractivity contribution < 1.29 is 14.2 Å². The first kappa shape index (κ1) is 14.6. The average Bonchev–Trinajstić information content (AvgIpc) is 3.10. The Morgan fingerprint density at radius 1 is 1.18 bits per heavy atom. The lowest BCUT2D eigenvalue weighted by Gasteiger charge is -2.12. The van der Waals surface area contributed by atoms with Gasteiger partial charge in [0.15, 0.2) is 16.3 Å². The zero-order valence-electron chi connectivity index (χ0n) is 12.6.